The average Bonchev–Trinajstić information content (AvgIpc) is 2.29. The Hall–Kier alpha value is -0.450. The molecule has 0 aromatic heterocycles. The van der Waals surface area contributed by atoms with Gasteiger partial charge in [-0.2, -0.15) is 0 Å². The lowest BCUT2D eigenvalue weighted by molar-refractivity contribution is 0.161. The number of nitrogens with two attached hydrogens (primary N) is 1. The molecule has 1 rings (SSSR count). The topological polar surface area (TPSA) is 46.2 Å². The van der Waals surface area contributed by atoms with Gasteiger partial charge in [-0.05, 0) is 42.5 Å². The summed E-state index contributed by atoms with van der Waals surface area (Å²) in [4.78, 5) is 0. The van der Waals surface area contributed by atoms with E-state index in [-0.39, 0.29) is 18.3 Å². The monoisotopic (exact) mass is 289 g/mol. The Balaban J connectivity index is 2.89. The minimum absolute atomic E-state index is 0.0102. The Bertz CT molecular complexity index is 346. The van der Waals surface area contributed by atoms with Crippen molar-refractivity contribution in [1.29, 1.82) is 0 Å². The lowest BCUT2D eigenvalue weighted by Crippen LogP contribution is -2.22. The van der Waals surface area contributed by atoms with E-state index in [1.165, 1.54) is 6.07 Å². The first-order valence-corrected chi connectivity index (χ1v) is 6.20. The van der Waals surface area contributed by atoms with Gasteiger partial charge in [0.2, 0.25) is 0 Å². The fourth-order valence-corrected chi connectivity index (χ4v) is 2.14. The summed E-state index contributed by atoms with van der Waals surface area (Å²) in [5, 5.41) is 9.52. The van der Waals surface area contributed by atoms with Gasteiger partial charge in [-0.3, -0.25) is 0 Å². The molecule has 0 radical (unpaired) electrons. The molecule has 2 atom stereocenters. The van der Waals surface area contributed by atoms with Gasteiger partial charge in [-0.1, -0.05) is 22.9 Å². The number of rotatable bonds is 5. The fraction of sp³-hybridized carbons (Fsp3) is 0.500. The Kier molecular flexibility index (Phi) is 5.38. The molecular formula is C12H17BrFNO. The molecule has 0 aliphatic rings. The molecule has 0 aliphatic carbocycles. The lowest BCUT2D eigenvalue weighted by atomic mass is 9.90. The van der Waals surface area contributed by atoms with E-state index >= 15 is 0 Å². The predicted octanol–water partition coefficient (Wildman–Crippen LogP) is 2.79. The number of aliphatic hydroxyl groups excluding tert-OH is 1. The van der Waals surface area contributed by atoms with Crippen LogP contribution in [0.2, 0.25) is 0 Å². The Morgan fingerprint density at radius 1 is 1.50 bits per heavy atom. The molecule has 1 aromatic rings. The van der Waals surface area contributed by atoms with Gasteiger partial charge in [0.25, 0.3) is 0 Å². The minimum Gasteiger partial charge on any atom is -0.392 e. The summed E-state index contributed by atoms with van der Waals surface area (Å²) < 4.78 is 14.5. The van der Waals surface area contributed by atoms with Gasteiger partial charge in [-0.15, -0.1) is 0 Å². The van der Waals surface area contributed by atoms with E-state index in [0.717, 1.165) is 10.9 Å². The Morgan fingerprint density at radius 2 is 2.19 bits per heavy atom. The van der Waals surface area contributed by atoms with Crippen molar-refractivity contribution < 1.29 is 9.50 Å². The summed E-state index contributed by atoms with van der Waals surface area (Å²) in [6.07, 6.45) is 0.716. The zero-order valence-electron chi connectivity index (χ0n) is 9.29. The maximum atomic E-state index is 13.6. The SMILES string of the molecule is CCC(CC(O)CN)c1cc(Br)ccc1F. The van der Waals surface area contributed by atoms with Gasteiger partial charge in [0.05, 0.1) is 6.10 Å². The van der Waals surface area contributed by atoms with Crippen molar-refractivity contribution in [1.82, 2.24) is 0 Å². The average molecular weight is 290 g/mol. The smallest absolute Gasteiger partial charge is 0.126 e. The molecule has 4 heteroatoms. The first-order valence-electron chi connectivity index (χ1n) is 5.41. The van der Waals surface area contributed by atoms with Crippen LogP contribution in [0.15, 0.2) is 22.7 Å². The van der Waals surface area contributed by atoms with E-state index in [0.29, 0.717) is 12.0 Å². The summed E-state index contributed by atoms with van der Waals surface area (Å²) in [6, 6.07) is 4.88. The molecule has 16 heavy (non-hydrogen) atoms. The van der Waals surface area contributed by atoms with Crippen molar-refractivity contribution >= 4 is 15.9 Å². The highest BCUT2D eigenvalue weighted by Gasteiger charge is 2.17. The van der Waals surface area contributed by atoms with Crippen LogP contribution in [-0.4, -0.2) is 17.8 Å². The summed E-state index contributed by atoms with van der Waals surface area (Å²) in [5.74, 6) is -0.213. The molecule has 2 nitrogen and oxygen atoms in total. The zero-order valence-corrected chi connectivity index (χ0v) is 10.9. The highest BCUT2D eigenvalue weighted by Crippen LogP contribution is 2.29. The van der Waals surface area contributed by atoms with Crippen molar-refractivity contribution in [3.8, 4) is 0 Å². The van der Waals surface area contributed by atoms with E-state index in [4.69, 9.17) is 5.73 Å². The summed E-state index contributed by atoms with van der Waals surface area (Å²) in [5.41, 5.74) is 6.01. The van der Waals surface area contributed by atoms with Crippen LogP contribution in [0.5, 0.6) is 0 Å². The second kappa shape index (κ2) is 6.33. The normalized spacial score (nSPS) is 14.8. The maximum Gasteiger partial charge on any atom is 0.126 e. The van der Waals surface area contributed by atoms with Crippen LogP contribution in [-0.2, 0) is 0 Å². The van der Waals surface area contributed by atoms with Gasteiger partial charge in [0.1, 0.15) is 5.82 Å². The van der Waals surface area contributed by atoms with Crippen molar-refractivity contribution in [3.05, 3.63) is 34.1 Å². The van der Waals surface area contributed by atoms with E-state index in [9.17, 15) is 9.50 Å². The highest BCUT2D eigenvalue weighted by molar-refractivity contribution is 9.10. The molecular weight excluding hydrogens is 273 g/mol. The molecule has 0 saturated carbocycles. The summed E-state index contributed by atoms with van der Waals surface area (Å²) in [7, 11) is 0. The van der Waals surface area contributed by atoms with Gasteiger partial charge >= 0.3 is 0 Å². The number of hydrogen-bond acceptors (Lipinski definition) is 2. The van der Waals surface area contributed by atoms with Crippen LogP contribution < -0.4 is 5.73 Å². The maximum absolute atomic E-state index is 13.6. The number of aliphatic hydroxyl groups is 1. The second-order valence-corrected chi connectivity index (χ2v) is 4.81. The molecule has 2 unspecified atom stereocenters. The fourth-order valence-electron chi connectivity index (χ4n) is 1.77. The predicted molar refractivity (Wildman–Crippen MR) is 66.8 cm³/mol. The molecule has 0 saturated heterocycles. The third-order valence-corrected chi connectivity index (χ3v) is 3.21. The Labute approximate surface area is 104 Å². The molecule has 0 spiro atoms. The molecule has 3 N–H and O–H groups in total. The number of hydrogen-bond donors (Lipinski definition) is 2. The standard InChI is InChI=1S/C12H17BrFNO/c1-2-8(5-10(16)7-15)11-6-9(13)3-4-12(11)14/h3-4,6,8,10,16H,2,5,7,15H2,1H3. The van der Waals surface area contributed by atoms with Gasteiger partial charge in [0, 0.05) is 11.0 Å². The highest BCUT2D eigenvalue weighted by atomic mass is 79.9. The van der Waals surface area contributed by atoms with Crippen LogP contribution >= 0.6 is 15.9 Å². The van der Waals surface area contributed by atoms with Crippen molar-refractivity contribution in [2.45, 2.75) is 31.8 Å². The molecule has 0 bridgehead atoms. The number of halogens is 2. The van der Waals surface area contributed by atoms with Crippen molar-refractivity contribution in [3.63, 3.8) is 0 Å². The van der Waals surface area contributed by atoms with Gasteiger partial charge < -0.3 is 10.8 Å². The zero-order chi connectivity index (χ0) is 12.1. The molecule has 90 valence electrons. The van der Waals surface area contributed by atoms with Gasteiger partial charge in [0.15, 0.2) is 0 Å². The van der Waals surface area contributed by atoms with Crippen LogP contribution in [0, 0.1) is 5.82 Å². The van der Waals surface area contributed by atoms with E-state index in [1.54, 1.807) is 12.1 Å². The van der Waals surface area contributed by atoms with Crippen LogP contribution in [0.3, 0.4) is 0 Å². The Morgan fingerprint density at radius 3 is 2.75 bits per heavy atom. The first-order chi connectivity index (χ1) is 7.58. The molecule has 0 fully saturated rings. The molecule has 1 aromatic carbocycles. The quantitative estimate of drug-likeness (QED) is 0.876. The molecule has 0 amide bonds. The third-order valence-electron chi connectivity index (χ3n) is 2.72. The van der Waals surface area contributed by atoms with E-state index < -0.39 is 6.10 Å². The van der Waals surface area contributed by atoms with Crippen molar-refractivity contribution in [2.24, 2.45) is 5.73 Å². The number of benzene rings is 1. The minimum atomic E-state index is -0.566. The third kappa shape index (κ3) is 3.54. The lowest BCUT2D eigenvalue weighted by Gasteiger charge is -2.19. The molecule has 0 heterocycles. The van der Waals surface area contributed by atoms with Crippen LogP contribution in [0.4, 0.5) is 4.39 Å². The first kappa shape index (κ1) is 13.6. The van der Waals surface area contributed by atoms with E-state index in [1.807, 2.05) is 6.92 Å². The summed E-state index contributed by atoms with van der Waals surface area (Å²) in [6.45, 7) is 2.19. The van der Waals surface area contributed by atoms with Gasteiger partial charge in [-0.25, -0.2) is 4.39 Å². The van der Waals surface area contributed by atoms with E-state index in [2.05, 4.69) is 15.9 Å². The molecule has 0 aliphatic heterocycles. The van der Waals surface area contributed by atoms with Crippen molar-refractivity contribution in [2.75, 3.05) is 6.54 Å². The largest absolute Gasteiger partial charge is 0.392 e. The second-order valence-electron chi connectivity index (χ2n) is 3.90. The van der Waals surface area contributed by atoms with Crippen LogP contribution in [0.1, 0.15) is 31.2 Å². The summed E-state index contributed by atoms with van der Waals surface area (Å²) >= 11 is 3.32. The van der Waals surface area contributed by atoms with Crippen LogP contribution in [0.25, 0.3) is 0 Å².